The van der Waals surface area contributed by atoms with Crippen LogP contribution in [0, 0.1) is 5.82 Å². The summed E-state index contributed by atoms with van der Waals surface area (Å²) in [6.45, 7) is 0. The van der Waals surface area contributed by atoms with Crippen LogP contribution < -0.4 is 4.72 Å². The lowest BCUT2D eigenvalue weighted by atomic mass is 10.3. The average Bonchev–Trinajstić information content (AvgIpc) is 3.01. The monoisotopic (exact) mass is 386 g/mol. The summed E-state index contributed by atoms with van der Waals surface area (Å²) in [5, 5.41) is -0.270. The first-order valence-corrected chi connectivity index (χ1v) is 8.75. The molecule has 0 unspecified atom stereocenters. The summed E-state index contributed by atoms with van der Waals surface area (Å²) in [5.74, 6) is -0.351. The van der Waals surface area contributed by atoms with Gasteiger partial charge < -0.3 is 0 Å². The summed E-state index contributed by atoms with van der Waals surface area (Å²) in [6, 6.07) is 7.98. The Morgan fingerprint density at radius 1 is 1.17 bits per heavy atom. The maximum absolute atomic E-state index is 13.2. The Kier molecular flexibility index (Phi) is 4.44. The Bertz CT molecular complexity index is 1010. The molecular weight excluding hydrogens is 378 g/mol. The Morgan fingerprint density at radius 3 is 2.67 bits per heavy atom. The molecule has 2 aromatic heterocycles. The fraction of sp³-hybridized carbons (Fsp3) is 0. The van der Waals surface area contributed by atoms with E-state index in [9.17, 15) is 12.8 Å². The number of rotatable bonds is 4. The fourth-order valence-electron chi connectivity index (χ4n) is 2.00. The minimum Gasteiger partial charge on any atom is -0.290 e. The smallest absolute Gasteiger partial charge is 0.277 e. The number of hydrogen-bond donors (Lipinski definition) is 1. The molecule has 3 aromatic rings. The van der Waals surface area contributed by atoms with Crippen molar-refractivity contribution in [1.82, 2.24) is 14.5 Å². The lowest BCUT2D eigenvalue weighted by Crippen LogP contribution is -2.17. The van der Waals surface area contributed by atoms with Crippen LogP contribution in [0.4, 0.5) is 10.1 Å². The van der Waals surface area contributed by atoms with Gasteiger partial charge in [-0.05, 0) is 48.0 Å². The van der Waals surface area contributed by atoms with E-state index in [1.165, 1.54) is 41.2 Å². The zero-order chi connectivity index (χ0) is 17.3. The van der Waals surface area contributed by atoms with Gasteiger partial charge in [-0.25, -0.2) is 9.37 Å². The molecule has 0 saturated carbocycles. The molecule has 0 aliphatic rings. The third-order valence-corrected chi connectivity index (χ3v) is 4.88. The lowest BCUT2D eigenvalue weighted by Gasteiger charge is -2.11. The topological polar surface area (TPSA) is 76.9 Å². The molecule has 1 aromatic carbocycles. The normalized spacial score (nSPS) is 11.5. The summed E-state index contributed by atoms with van der Waals surface area (Å²) in [5.41, 5.74) is 0.134. The van der Waals surface area contributed by atoms with E-state index in [-0.39, 0.29) is 26.8 Å². The first-order chi connectivity index (χ1) is 11.4. The molecule has 24 heavy (non-hydrogen) atoms. The highest BCUT2D eigenvalue weighted by Crippen LogP contribution is 2.23. The third-order valence-electron chi connectivity index (χ3n) is 3.02. The van der Waals surface area contributed by atoms with Gasteiger partial charge in [0.1, 0.15) is 11.6 Å². The number of nitrogens with one attached hydrogen (secondary N) is 1. The number of benzene rings is 1. The minimum atomic E-state index is -3.96. The molecule has 2 heterocycles. The predicted molar refractivity (Wildman–Crippen MR) is 88.6 cm³/mol. The van der Waals surface area contributed by atoms with Crippen LogP contribution >= 0.6 is 23.2 Å². The van der Waals surface area contributed by atoms with Crippen molar-refractivity contribution in [2.75, 3.05) is 4.72 Å². The molecule has 0 aliphatic heterocycles. The van der Waals surface area contributed by atoms with Gasteiger partial charge in [0.2, 0.25) is 5.28 Å². The highest BCUT2D eigenvalue weighted by molar-refractivity contribution is 7.92. The van der Waals surface area contributed by atoms with Gasteiger partial charge in [-0.2, -0.15) is 13.4 Å². The van der Waals surface area contributed by atoms with E-state index in [0.29, 0.717) is 0 Å². The van der Waals surface area contributed by atoms with Crippen molar-refractivity contribution in [1.29, 1.82) is 0 Å². The lowest BCUT2D eigenvalue weighted by molar-refractivity contribution is 0.594. The Labute approximate surface area is 146 Å². The summed E-state index contributed by atoms with van der Waals surface area (Å²) < 4.78 is 42.0. The van der Waals surface area contributed by atoms with Crippen LogP contribution in [0.25, 0.3) is 5.82 Å². The van der Waals surface area contributed by atoms with Gasteiger partial charge in [0.05, 0.1) is 10.7 Å². The molecule has 124 valence electrons. The molecule has 0 saturated heterocycles. The zero-order valence-electron chi connectivity index (χ0n) is 11.8. The Morgan fingerprint density at radius 2 is 1.96 bits per heavy atom. The second-order valence-corrected chi connectivity index (χ2v) is 7.01. The largest absolute Gasteiger partial charge is 0.290 e. The Balaban J connectivity index is 1.99. The maximum Gasteiger partial charge on any atom is 0.277 e. The van der Waals surface area contributed by atoms with Crippen molar-refractivity contribution in [3.05, 3.63) is 64.9 Å². The van der Waals surface area contributed by atoms with Gasteiger partial charge in [0.15, 0.2) is 5.03 Å². The molecule has 3 rings (SSSR count). The average molecular weight is 387 g/mol. The van der Waals surface area contributed by atoms with Crippen LogP contribution in [0.3, 0.4) is 0 Å². The van der Waals surface area contributed by atoms with Gasteiger partial charge >= 0.3 is 0 Å². The number of hydrogen-bond acceptors (Lipinski definition) is 4. The van der Waals surface area contributed by atoms with Crippen molar-refractivity contribution in [3.63, 3.8) is 0 Å². The predicted octanol–water partition coefficient (Wildman–Crippen LogP) is 3.51. The molecule has 1 N–H and O–H groups in total. The van der Waals surface area contributed by atoms with Crippen LogP contribution in [-0.2, 0) is 10.0 Å². The third kappa shape index (κ3) is 3.35. The number of nitrogens with zero attached hydrogens (tertiary/aromatic N) is 3. The van der Waals surface area contributed by atoms with E-state index >= 15 is 0 Å². The number of sulfonamides is 1. The van der Waals surface area contributed by atoms with E-state index in [2.05, 4.69) is 14.7 Å². The molecule has 0 spiro atoms. The summed E-state index contributed by atoms with van der Waals surface area (Å²) in [7, 11) is -3.96. The molecule has 6 nitrogen and oxygen atoms in total. The van der Waals surface area contributed by atoms with Crippen molar-refractivity contribution >= 4 is 38.9 Å². The first kappa shape index (κ1) is 16.7. The molecule has 0 amide bonds. The van der Waals surface area contributed by atoms with E-state index in [1.54, 1.807) is 6.07 Å². The quantitative estimate of drug-likeness (QED) is 0.695. The first-order valence-electron chi connectivity index (χ1n) is 6.51. The van der Waals surface area contributed by atoms with E-state index in [0.717, 1.165) is 6.07 Å². The van der Waals surface area contributed by atoms with Crippen molar-refractivity contribution in [3.8, 4) is 5.82 Å². The van der Waals surface area contributed by atoms with Gasteiger partial charge in [0.25, 0.3) is 10.0 Å². The van der Waals surface area contributed by atoms with Crippen molar-refractivity contribution in [2.24, 2.45) is 0 Å². The molecule has 10 heteroatoms. The zero-order valence-corrected chi connectivity index (χ0v) is 14.1. The van der Waals surface area contributed by atoms with E-state index in [1.807, 2.05) is 0 Å². The molecule has 0 atom stereocenters. The van der Waals surface area contributed by atoms with Gasteiger partial charge in [-0.15, -0.1) is 0 Å². The summed E-state index contributed by atoms with van der Waals surface area (Å²) in [4.78, 5) is 7.73. The van der Waals surface area contributed by atoms with Gasteiger partial charge in [-0.1, -0.05) is 11.6 Å². The highest BCUT2D eigenvalue weighted by atomic mass is 35.5. The number of aromatic nitrogens is 3. The van der Waals surface area contributed by atoms with Crippen LogP contribution in [0.1, 0.15) is 0 Å². The van der Waals surface area contributed by atoms with Gasteiger partial charge in [-0.3, -0.25) is 9.29 Å². The fourth-order valence-corrected chi connectivity index (χ4v) is 3.54. The molecule has 0 aliphatic carbocycles. The number of anilines is 1. The van der Waals surface area contributed by atoms with E-state index in [4.69, 9.17) is 23.2 Å². The van der Waals surface area contributed by atoms with Crippen LogP contribution in [0.15, 0.2) is 53.8 Å². The Hall–Kier alpha value is -2.16. The number of halogens is 3. The molecule has 0 fully saturated rings. The van der Waals surface area contributed by atoms with Crippen molar-refractivity contribution in [2.45, 2.75) is 5.03 Å². The molecule has 0 bridgehead atoms. The second kappa shape index (κ2) is 6.39. The highest BCUT2D eigenvalue weighted by Gasteiger charge is 2.20. The second-order valence-electron chi connectivity index (χ2n) is 4.63. The van der Waals surface area contributed by atoms with Crippen LogP contribution in [-0.4, -0.2) is 23.0 Å². The van der Waals surface area contributed by atoms with Crippen molar-refractivity contribution < 1.29 is 12.8 Å². The van der Waals surface area contributed by atoms with Crippen LogP contribution in [0.2, 0.25) is 10.3 Å². The SMILES string of the molecule is O=S(=O)(Nc1ccc(F)c(Cl)c1)c1cccn1-c1ccnc(Cl)n1. The standard InChI is InChI=1S/C14H9Cl2FN4O2S/c15-10-8-9(3-4-11(10)17)20-24(22,23)13-2-1-7-21(13)12-5-6-18-14(16)19-12/h1-8,20H. The van der Waals surface area contributed by atoms with Crippen LogP contribution in [0.5, 0.6) is 0 Å². The molecular formula is C14H9Cl2FN4O2S. The summed E-state index contributed by atoms with van der Waals surface area (Å²) >= 11 is 11.4. The maximum atomic E-state index is 13.2. The minimum absolute atomic E-state index is 0.0113. The van der Waals surface area contributed by atoms with Gasteiger partial charge in [0, 0.05) is 12.4 Å². The summed E-state index contributed by atoms with van der Waals surface area (Å²) in [6.07, 6.45) is 2.93. The molecule has 0 radical (unpaired) electrons. The van der Waals surface area contributed by atoms with E-state index < -0.39 is 15.8 Å².